The number of fused-ring (bicyclic) bond motifs is 1. The third kappa shape index (κ3) is 10.8. The summed E-state index contributed by atoms with van der Waals surface area (Å²) in [6, 6.07) is 13.5. The number of anilines is 1. The zero-order valence-electron chi connectivity index (χ0n) is 24.1. The van der Waals surface area contributed by atoms with Crippen LogP contribution in [-0.2, 0) is 20.9 Å². The number of benzene rings is 2. The minimum absolute atomic E-state index is 0.0311. The summed E-state index contributed by atoms with van der Waals surface area (Å²) in [7, 11) is 0. The first-order valence-electron chi connectivity index (χ1n) is 14.1. The minimum Gasteiger partial charge on any atom is -0.445 e. The van der Waals surface area contributed by atoms with Crippen molar-refractivity contribution in [3.8, 4) is 0 Å². The minimum atomic E-state index is -0.999. The zero-order valence-corrected chi connectivity index (χ0v) is 24.1. The van der Waals surface area contributed by atoms with Crippen LogP contribution in [0.3, 0.4) is 0 Å². The Bertz CT molecular complexity index is 1460. The van der Waals surface area contributed by atoms with Gasteiger partial charge in [0.15, 0.2) is 5.96 Å². The molecule has 0 unspecified atom stereocenters. The normalized spacial score (nSPS) is 12.1. The van der Waals surface area contributed by atoms with Crippen molar-refractivity contribution in [2.24, 2.45) is 11.5 Å². The summed E-state index contributed by atoms with van der Waals surface area (Å²) >= 11 is 0. The van der Waals surface area contributed by atoms with E-state index in [1.807, 2.05) is 30.3 Å². The number of amides is 3. The van der Waals surface area contributed by atoms with Crippen LogP contribution in [0.2, 0.25) is 0 Å². The van der Waals surface area contributed by atoms with Crippen molar-refractivity contribution in [1.29, 1.82) is 5.41 Å². The maximum atomic E-state index is 13.4. The highest BCUT2D eigenvalue weighted by molar-refractivity contribution is 5.99. The Morgan fingerprint density at radius 2 is 1.67 bits per heavy atom. The number of guanidine groups is 1. The zero-order chi connectivity index (χ0) is 31.2. The lowest BCUT2D eigenvalue weighted by Gasteiger charge is -2.23. The van der Waals surface area contributed by atoms with Crippen molar-refractivity contribution in [3.63, 3.8) is 0 Å². The number of alkyl carbamates (subject to hydrolysis) is 1. The molecule has 0 fully saturated rings. The van der Waals surface area contributed by atoms with Gasteiger partial charge in [-0.15, -0.1) is 0 Å². The number of carbonyl (C=O) groups excluding carboxylic acids is 3. The predicted molar refractivity (Wildman–Crippen MR) is 163 cm³/mol. The fourth-order valence-corrected chi connectivity index (χ4v) is 4.37. The van der Waals surface area contributed by atoms with Gasteiger partial charge in [0.25, 0.3) is 0 Å². The van der Waals surface area contributed by atoms with Gasteiger partial charge >= 0.3 is 11.7 Å². The van der Waals surface area contributed by atoms with Crippen molar-refractivity contribution in [2.45, 2.75) is 57.7 Å². The van der Waals surface area contributed by atoms with Crippen molar-refractivity contribution in [1.82, 2.24) is 16.0 Å². The average Bonchev–Trinajstić information content (AvgIpc) is 2.97. The molecule has 2 aromatic carbocycles. The Hall–Kier alpha value is -4.91. The van der Waals surface area contributed by atoms with Crippen LogP contribution >= 0.6 is 0 Å². The molecule has 13 heteroatoms. The Balaban J connectivity index is 1.72. The Morgan fingerprint density at radius 1 is 0.953 bits per heavy atom. The molecule has 0 aliphatic heterocycles. The monoisotopic (exact) mass is 593 g/mol. The molecule has 0 aliphatic rings. The topological polar surface area (TPSA) is 215 Å². The molecular weight excluding hydrogens is 554 g/mol. The van der Waals surface area contributed by atoms with E-state index in [1.54, 1.807) is 19.1 Å². The fraction of sp³-hybridized carbons (Fsp3) is 0.367. The lowest BCUT2D eigenvalue weighted by Crippen LogP contribution is -2.52. The highest BCUT2D eigenvalue weighted by atomic mass is 16.5. The maximum absolute atomic E-state index is 13.4. The van der Waals surface area contributed by atoms with E-state index >= 15 is 0 Å². The molecule has 9 N–H and O–H groups in total. The second kappa shape index (κ2) is 16.5. The molecule has 1 heterocycles. The summed E-state index contributed by atoms with van der Waals surface area (Å²) in [4.78, 5) is 51.2. The molecule has 3 aromatic rings. The van der Waals surface area contributed by atoms with Gasteiger partial charge in [-0.3, -0.25) is 15.0 Å². The average molecular weight is 594 g/mol. The summed E-state index contributed by atoms with van der Waals surface area (Å²) in [6.07, 6.45) is 1.32. The van der Waals surface area contributed by atoms with Crippen LogP contribution in [0.4, 0.5) is 10.5 Å². The van der Waals surface area contributed by atoms with Gasteiger partial charge in [0, 0.05) is 29.8 Å². The molecule has 1 aromatic heterocycles. The summed E-state index contributed by atoms with van der Waals surface area (Å²) in [5.74, 6) is -1.29. The summed E-state index contributed by atoms with van der Waals surface area (Å²) < 4.78 is 10.6. The van der Waals surface area contributed by atoms with Gasteiger partial charge in [-0.05, 0) is 68.8 Å². The number of nitrogens with two attached hydrogens (primary N) is 2. The van der Waals surface area contributed by atoms with E-state index in [2.05, 4.69) is 21.3 Å². The van der Waals surface area contributed by atoms with Gasteiger partial charge < -0.3 is 41.9 Å². The van der Waals surface area contributed by atoms with Crippen LogP contribution in [-0.4, -0.2) is 49.0 Å². The molecule has 0 saturated carbocycles. The fourth-order valence-electron chi connectivity index (χ4n) is 4.37. The Labute approximate surface area is 249 Å². The number of ether oxygens (including phenoxy) is 1. The van der Waals surface area contributed by atoms with Crippen molar-refractivity contribution in [3.05, 3.63) is 76.1 Å². The van der Waals surface area contributed by atoms with Gasteiger partial charge in [0.2, 0.25) is 11.8 Å². The molecule has 13 nitrogen and oxygen atoms in total. The Kier molecular flexibility index (Phi) is 12.5. The van der Waals surface area contributed by atoms with Crippen molar-refractivity contribution in [2.75, 3.05) is 18.4 Å². The van der Waals surface area contributed by atoms with E-state index in [1.165, 1.54) is 12.1 Å². The van der Waals surface area contributed by atoms with Crippen LogP contribution in [0, 0.1) is 12.3 Å². The molecule has 0 saturated heterocycles. The maximum Gasteiger partial charge on any atom is 0.408 e. The van der Waals surface area contributed by atoms with E-state index < -0.39 is 35.6 Å². The predicted octanol–water partition coefficient (Wildman–Crippen LogP) is 2.21. The smallest absolute Gasteiger partial charge is 0.408 e. The second-order valence-electron chi connectivity index (χ2n) is 10.0. The van der Waals surface area contributed by atoms with Crippen molar-refractivity contribution < 1.29 is 23.5 Å². The first kappa shape index (κ1) is 32.6. The number of nitrogens with one attached hydrogen (secondary N) is 5. The van der Waals surface area contributed by atoms with Crippen LogP contribution in [0.1, 0.15) is 43.2 Å². The van der Waals surface area contributed by atoms with E-state index in [0.29, 0.717) is 43.6 Å². The van der Waals surface area contributed by atoms with E-state index in [0.717, 1.165) is 16.5 Å². The molecule has 230 valence electrons. The van der Waals surface area contributed by atoms with Crippen LogP contribution in [0.15, 0.2) is 63.8 Å². The number of rotatable bonds is 15. The standard InChI is InChI=1S/C30H39N7O6/c1-19-16-26(38)43-25-17-21(12-13-22(19)25)35-27(39)23(11-7-15-34-29(32)33)36-28(40)24(10-5-6-14-31)37-30(41)42-18-20-8-3-2-4-9-20/h2-4,8-9,12-13,16-17,23-24H,5-7,10-11,14-15,18,31H2,1H3,(H,35,39)(H,36,40)(H,37,41)(H4,32,33,34)/t23-,24-/m0/s1. The van der Waals surface area contributed by atoms with Crippen LogP contribution in [0.5, 0.6) is 0 Å². The van der Waals surface area contributed by atoms with E-state index in [4.69, 9.17) is 26.0 Å². The lowest BCUT2D eigenvalue weighted by atomic mass is 10.1. The summed E-state index contributed by atoms with van der Waals surface area (Å²) in [5, 5.41) is 18.9. The van der Waals surface area contributed by atoms with Crippen LogP contribution < -0.4 is 38.4 Å². The van der Waals surface area contributed by atoms with Crippen LogP contribution in [0.25, 0.3) is 11.0 Å². The highest BCUT2D eigenvalue weighted by Gasteiger charge is 2.27. The van der Waals surface area contributed by atoms with Gasteiger partial charge in [0.1, 0.15) is 24.3 Å². The number of aryl methyl sites for hydroxylation is 1. The molecular formula is C30H39N7O6. The highest BCUT2D eigenvalue weighted by Crippen LogP contribution is 2.21. The Morgan fingerprint density at radius 3 is 2.40 bits per heavy atom. The van der Waals surface area contributed by atoms with Gasteiger partial charge in [-0.1, -0.05) is 30.3 Å². The lowest BCUT2D eigenvalue weighted by molar-refractivity contribution is -0.128. The van der Waals surface area contributed by atoms with E-state index in [-0.39, 0.29) is 25.4 Å². The SMILES string of the molecule is Cc1cc(=O)oc2cc(NC(=O)[C@H](CCCNC(=N)N)NC(=O)[C@H](CCCCN)NC(=O)OCc3ccccc3)ccc12. The number of unbranched alkanes of at least 4 members (excludes halogenated alkanes) is 1. The first-order chi connectivity index (χ1) is 20.7. The second-order valence-corrected chi connectivity index (χ2v) is 10.0. The summed E-state index contributed by atoms with van der Waals surface area (Å²) in [5.41, 5.74) is 12.7. The molecule has 0 bridgehead atoms. The molecule has 3 amide bonds. The van der Waals surface area contributed by atoms with Gasteiger partial charge in [0.05, 0.1) is 0 Å². The molecule has 0 spiro atoms. The number of hydrogen-bond acceptors (Lipinski definition) is 8. The van der Waals surface area contributed by atoms with Crippen molar-refractivity contribution >= 4 is 40.5 Å². The first-order valence-corrected chi connectivity index (χ1v) is 14.1. The molecule has 2 atom stereocenters. The largest absolute Gasteiger partial charge is 0.445 e. The third-order valence-corrected chi connectivity index (χ3v) is 6.61. The molecule has 0 radical (unpaired) electrons. The third-order valence-electron chi connectivity index (χ3n) is 6.61. The molecule has 43 heavy (non-hydrogen) atoms. The van der Waals surface area contributed by atoms with Gasteiger partial charge in [-0.2, -0.15) is 0 Å². The molecule has 0 aliphatic carbocycles. The van der Waals surface area contributed by atoms with E-state index in [9.17, 15) is 19.2 Å². The number of hydrogen-bond donors (Lipinski definition) is 7. The quantitative estimate of drug-likeness (QED) is 0.0594. The molecule has 3 rings (SSSR count). The number of carbonyl (C=O) groups is 3. The van der Waals surface area contributed by atoms with Gasteiger partial charge in [-0.25, -0.2) is 9.59 Å². The summed E-state index contributed by atoms with van der Waals surface area (Å²) in [6.45, 7) is 2.54.